The highest BCUT2D eigenvalue weighted by atomic mass is 19.4. The van der Waals surface area contributed by atoms with E-state index in [1.54, 1.807) is 24.3 Å². The molecular formula is C21H19F3N2O2. The Kier molecular flexibility index (Phi) is 3.37. The smallest absolute Gasteiger partial charge is 0.469 e. The standard InChI is InChI=1S/C21H19F3N2O2/c1-12-6-5-8-14-16(12)25(2)19-20(14)10-11-26(18(27)21(22,23)24)17(20)13-7-3-4-9-15(13)28-19/h3-9,17,19H,10-11H2,1-2H3/t17-,19-,20+/m0/s1. The molecule has 0 radical (unpaired) electrons. The van der Waals surface area contributed by atoms with Gasteiger partial charge < -0.3 is 14.5 Å². The molecule has 0 saturated carbocycles. The second-order valence-corrected chi connectivity index (χ2v) is 7.78. The normalized spacial score (nSPS) is 27.6. The van der Waals surface area contributed by atoms with Crippen molar-refractivity contribution in [3.8, 4) is 5.75 Å². The molecule has 3 aliphatic heterocycles. The molecule has 3 atom stereocenters. The highest BCUT2D eigenvalue weighted by molar-refractivity contribution is 5.84. The highest BCUT2D eigenvalue weighted by Crippen LogP contribution is 2.63. The minimum atomic E-state index is -4.91. The lowest BCUT2D eigenvalue weighted by atomic mass is 9.70. The molecule has 1 fully saturated rings. The molecule has 146 valence electrons. The first kappa shape index (κ1) is 17.4. The Morgan fingerprint density at radius 2 is 1.93 bits per heavy atom. The number of rotatable bonds is 0. The zero-order valence-electron chi connectivity index (χ0n) is 15.5. The third kappa shape index (κ3) is 1.99. The predicted octanol–water partition coefficient (Wildman–Crippen LogP) is 3.94. The number of halogens is 3. The lowest BCUT2D eigenvalue weighted by Crippen LogP contribution is -2.54. The van der Waals surface area contributed by atoms with Gasteiger partial charge in [0.05, 0.1) is 11.5 Å². The van der Waals surface area contributed by atoms with Crippen LogP contribution >= 0.6 is 0 Å². The SMILES string of the molecule is Cc1cccc2c1N(C)[C@H]1Oc3ccccc3[C@@H]3N(C(=O)C(F)(F)F)CC[C@@]231. The fraction of sp³-hybridized carbons (Fsp3) is 0.381. The molecule has 5 rings (SSSR count). The van der Waals surface area contributed by atoms with Crippen LogP contribution in [0.25, 0.3) is 0 Å². The van der Waals surface area contributed by atoms with E-state index in [0.29, 0.717) is 17.7 Å². The number of aryl methyl sites for hydroxylation is 1. The Labute approximate surface area is 160 Å². The molecule has 1 amide bonds. The van der Waals surface area contributed by atoms with Gasteiger partial charge in [0.2, 0.25) is 0 Å². The Bertz CT molecular complexity index is 990. The second kappa shape index (κ2) is 5.43. The number of hydrogen-bond acceptors (Lipinski definition) is 3. The zero-order valence-corrected chi connectivity index (χ0v) is 15.5. The molecule has 2 aromatic carbocycles. The van der Waals surface area contributed by atoms with Crippen molar-refractivity contribution in [3.63, 3.8) is 0 Å². The van der Waals surface area contributed by atoms with Gasteiger partial charge in [-0.25, -0.2) is 0 Å². The number of benzene rings is 2. The number of fused-ring (bicyclic) bond motifs is 3. The molecule has 0 bridgehead atoms. The van der Waals surface area contributed by atoms with E-state index in [2.05, 4.69) is 0 Å². The van der Waals surface area contributed by atoms with Crippen molar-refractivity contribution < 1.29 is 22.7 Å². The minimum absolute atomic E-state index is 0.0401. The van der Waals surface area contributed by atoms with Crippen molar-refractivity contribution in [3.05, 3.63) is 59.2 Å². The molecule has 7 heteroatoms. The van der Waals surface area contributed by atoms with Crippen LogP contribution in [0.4, 0.5) is 18.9 Å². The van der Waals surface area contributed by atoms with Gasteiger partial charge in [-0.2, -0.15) is 13.2 Å². The fourth-order valence-electron chi connectivity index (χ4n) is 5.43. The summed E-state index contributed by atoms with van der Waals surface area (Å²) >= 11 is 0. The van der Waals surface area contributed by atoms with Crippen LogP contribution in [0.2, 0.25) is 0 Å². The molecule has 3 heterocycles. The Morgan fingerprint density at radius 3 is 2.68 bits per heavy atom. The molecule has 1 saturated heterocycles. The number of likely N-dealkylation sites (tertiary alicyclic amines) is 1. The number of anilines is 1. The first-order chi connectivity index (χ1) is 13.3. The first-order valence-electron chi connectivity index (χ1n) is 9.23. The molecule has 28 heavy (non-hydrogen) atoms. The van der Waals surface area contributed by atoms with Crippen LogP contribution < -0.4 is 9.64 Å². The summed E-state index contributed by atoms with van der Waals surface area (Å²) in [7, 11) is 1.91. The largest absolute Gasteiger partial charge is 0.471 e. The number of likely N-dealkylation sites (N-methyl/N-ethyl adjacent to an activating group) is 1. The quantitative estimate of drug-likeness (QED) is 0.686. The second-order valence-electron chi connectivity index (χ2n) is 7.78. The number of nitrogens with zero attached hydrogens (tertiary/aromatic N) is 2. The maximum absolute atomic E-state index is 13.4. The van der Waals surface area contributed by atoms with Crippen molar-refractivity contribution >= 4 is 11.6 Å². The third-order valence-electron chi connectivity index (χ3n) is 6.41. The van der Waals surface area contributed by atoms with E-state index in [1.165, 1.54) is 0 Å². The fourth-order valence-corrected chi connectivity index (χ4v) is 5.43. The molecule has 0 unspecified atom stereocenters. The van der Waals surface area contributed by atoms with Crippen LogP contribution in [0.1, 0.15) is 29.2 Å². The Hall–Kier alpha value is -2.70. The van der Waals surface area contributed by atoms with E-state index in [-0.39, 0.29) is 6.54 Å². The van der Waals surface area contributed by atoms with Crippen LogP contribution in [0.15, 0.2) is 42.5 Å². The van der Waals surface area contributed by atoms with Gasteiger partial charge in [0.1, 0.15) is 5.75 Å². The van der Waals surface area contributed by atoms with Gasteiger partial charge in [-0.1, -0.05) is 36.4 Å². The summed E-state index contributed by atoms with van der Waals surface area (Å²) in [4.78, 5) is 15.3. The van der Waals surface area contributed by atoms with E-state index in [1.807, 2.05) is 37.1 Å². The number of amides is 1. The first-order valence-corrected chi connectivity index (χ1v) is 9.23. The summed E-state index contributed by atoms with van der Waals surface area (Å²) in [6.45, 7) is 2.03. The Balaban J connectivity index is 1.77. The van der Waals surface area contributed by atoms with Crippen LogP contribution in [-0.2, 0) is 10.2 Å². The highest BCUT2D eigenvalue weighted by Gasteiger charge is 2.66. The lowest BCUT2D eigenvalue weighted by Gasteiger charge is -2.45. The van der Waals surface area contributed by atoms with Gasteiger partial charge in [-0.15, -0.1) is 0 Å². The van der Waals surface area contributed by atoms with Gasteiger partial charge in [0.15, 0.2) is 6.23 Å². The lowest BCUT2D eigenvalue weighted by molar-refractivity contribution is -0.187. The summed E-state index contributed by atoms with van der Waals surface area (Å²) < 4.78 is 46.5. The summed E-state index contributed by atoms with van der Waals surface area (Å²) in [6.07, 6.45) is -4.96. The maximum Gasteiger partial charge on any atom is 0.471 e. The summed E-state index contributed by atoms with van der Waals surface area (Å²) in [5, 5.41) is 0. The van der Waals surface area contributed by atoms with Crippen molar-refractivity contribution in [2.75, 3.05) is 18.5 Å². The molecule has 0 N–H and O–H groups in total. The third-order valence-corrected chi connectivity index (χ3v) is 6.41. The monoisotopic (exact) mass is 388 g/mol. The number of carbonyl (C=O) groups is 1. The number of alkyl halides is 3. The van der Waals surface area contributed by atoms with Gasteiger partial charge in [-0.05, 0) is 30.5 Å². The van der Waals surface area contributed by atoms with E-state index in [9.17, 15) is 18.0 Å². The molecule has 0 aromatic heterocycles. The number of hydrogen-bond donors (Lipinski definition) is 0. The number of carbonyl (C=O) groups excluding carboxylic acids is 1. The van der Waals surface area contributed by atoms with Crippen LogP contribution in [0, 0.1) is 6.92 Å². The molecule has 4 nitrogen and oxygen atoms in total. The van der Waals surface area contributed by atoms with E-state index in [0.717, 1.165) is 21.7 Å². The predicted molar refractivity (Wildman–Crippen MR) is 97.2 cm³/mol. The molecule has 3 aliphatic rings. The van der Waals surface area contributed by atoms with E-state index >= 15 is 0 Å². The number of ether oxygens (including phenoxy) is 1. The van der Waals surface area contributed by atoms with E-state index in [4.69, 9.17) is 4.74 Å². The van der Waals surface area contributed by atoms with Crippen molar-refractivity contribution in [2.24, 2.45) is 0 Å². The van der Waals surface area contributed by atoms with Gasteiger partial charge in [-0.3, -0.25) is 4.79 Å². The summed E-state index contributed by atoms with van der Waals surface area (Å²) in [5.74, 6) is -1.25. The molecule has 1 spiro atoms. The van der Waals surface area contributed by atoms with Gasteiger partial charge in [0, 0.05) is 24.8 Å². The average Bonchev–Trinajstić information content (AvgIpc) is 3.16. The van der Waals surface area contributed by atoms with Crippen molar-refractivity contribution in [2.45, 2.75) is 37.2 Å². The zero-order chi connectivity index (χ0) is 19.8. The summed E-state index contributed by atoms with van der Waals surface area (Å²) in [5.41, 5.74) is 2.88. The van der Waals surface area contributed by atoms with Crippen LogP contribution in [0.5, 0.6) is 5.75 Å². The molecule has 2 aromatic rings. The topological polar surface area (TPSA) is 32.8 Å². The molecule has 0 aliphatic carbocycles. The average molecular weight is 388 g/mol. The van der Waals surface area contributed by atoms with Crippen molar-refractivity contribution in [1.29, 1.82) is 0 Å². The Morgan fingerprint density at radius 1 is 1.18 bits per heavy atom. The van der Waals surface area contributed by atoms with Gasteiger partial charge >= 0.3 is 12.1 Å². The summed E-state index contributed by atoms with van der Waals surface area (Å²) in [6, 6.07) is 12.3. The maximum atomic E-state index is 13.4. The minimum Gasteiger partial charge on any atom is -0.469 e. The molecular weight excluding hydrogens is 369 g/mol. The van der Waals surface area contributed by atoms with Crippen molar-refractivity contribution in [1.82, 2.24) is 4.90 Å². The van der Waals surface area contributed by atoms with Crippen LogP contribution in [0.3, 0.4) is 0 Å². The van der Waals surface area contributed by atoms with E-state index < -0.39 is 29.8 Å². The van der Waals surface area contributed by atoms with Gasteiger partial charge in [0.25, 0.3) is 0 Å². The number of para-hydroxylation sites is 2. The van der Waals surface area contributed by atoms with Crippen LogP contribution in [-0.4, -0.2) is 36.8 Å².